The van der Waals surface area contributed by atoms with Crippen LogP contribution >= 0.6 is 0 Å². The fourth-order valence-corrected chi connectivity index (χ4v) is 4.46. The molecule has 1 fully saturated rings. The van der Waals surface area contributed by atoms with Crippen molar-refractivity contribution in [2.24, 2.45) is 5.92 Å². The second-order valence-electron chi connectivity index (χ2n) is 8.51. The summed E-state index contributed by atoms with van der Waals surface area (Å²) in [4.78, 5) is 28.2. The minimum Gasteiger partial charge on any atom is -0.497 e. The van der Waals surface area contributed by atoms with Gasteiger partial charge in [0.25, 0.3) is 5.91 Å². The van der Waals surface area contributed by atoms with Crippen LogP contribution in [0.15, 0.2) is 84.9 Å². The van der Waals surface area contributed by atoms with E-state index in [4.69, 9.17) is 4.74 Å². The van der Waals surface area contributed by atoms with E-state index in [2.05, 4.69) is 29.6 Å². The summed E-state index contributed by atoms with van der Waals surface area (Å²) < 4.78 is 5.21. The first-order valence-corrected chi connectivity index (χ1v) is 11.4. The second kappa shape index (κ2) is 10.8. The topological polar surface area (TPSA) is 58.6 Å². The lowest BCUT2D eigenvalue weighted by atomic mass is 9.83. The minimum absolute atomic E-state index is 0.0130. The lowest BCUT2D eigenvalue weighted by molar-refractivity contribution is -0.126. The zero-order chi connectivity index (χ0) is 23.0. The predicted molar refractivity (Wildman–Crippen MR) is 129 cm³/mol. The van der Waals surface area contributed by atoms with Gasteiger partial charge in [-0.15, -0.1) is 0 Å². The van der Waals surface area contributed by atoms with Crippen LogP contribution < -0.4 is 10.1 Å². The predicted octanol–water partition coefficient (Wildman–Crippen LogP) is 4.30. The quantitative estimate of drug-likeness (QED) is 0.594. The first-order valence-electron chi connectivity index (χ1n) is 11.4. The molecule has 5 heteroatoms. The first kappa shape index (κ1) is 22.6. The molecule has 2 amide bonds. The zero-order valence-electron chi connectivity index (χ0n) is 18.9. The summed E-state index contributed by atoms with van der Waals surface area (Å²) in [5.74, 6) is 0.538. The van der Waals surface area contributed by atoms with Crippen LogP contribution in [0.25, 0.3) is 0 Å². The molecule has 3 aromatic carbocycles. The maximum Gasteiger partial charge on any atom is 0.253 e. The van der Waals surface area contributed by atoms with Gasteiger partial charge >= 0.3 is 0 Å². The third-order valence-electron chi connectivity index (χ3n) is 6.27. The lowest BCUT2D eigenvalue weighted by Gasteiger charge is -2.37. The number of amides is 2. The van der Waals surface area contributed by atoms with Gasteiger partial charge in [-0.05, 0) is 48.2 Å². The van der Waals surface area contributed by atoms with Gasteiger partial charge < -0.3 is 15.0 Å². The highest BCUT2D eigenvalue weighted by atomic mass is 16.5. The Morgan fingerprint density at radius 1 is 0.909 bits per heavy atom. The second-order valence-corrected chi connectivity index (χ2v) is 8.51. The maximum absolute atomic E-state index is 13.3. The number of hydrogen-bond acceptors (Lipinski definition) is 3. The van der Waals surface area contributed by atoms with Gasteiger partial charge in [0.05, 0.1) is 13.0 Å². The molecule has 0 saturated carbocycles. The molecule has 2 atom stereocenters. The average molecular weight is 443 g/mol. The van der Waals surface area contributed by atoms with E-state index in [0.717, 1.165) is 18.4 Å². The van der Waals surface area contributed by atoms with E-state index >= 15 is 0 Å². The molecule has 170 valence electrons. The van der Waals surface area contributed by atoms with E-state index in [1.165, 1.54) is 5.56 Å². The molecule has 33 heavy (non-hydrogen) atoms. The Labute approximate surface area is 195 Å². The van der Waals surface area contributed by atoms with E-state index in [1.807, 2.05) is 41.3 Å². The molecular weight excluding hydrogens is 412 g/mol. The van der Waals surface area contributed by atoms with Crippen molar-refractivity contribution in [2.45, 2.75) is 18.8 Å². The lowest BCUT2D eigenvalue weighted by Crippen LogP contribution is -2.48. The van der Waals surface area contributed by atoms with Gasteiger partial charge in [0, 0.05) is 31.1 Å². The molecule has 1 heterocycles. The Bertz CT molecular complexity index is 1050. The summed E-state index contributed by atoms with van der Waals surface area (Å²) in [7, 11) is 1.60. The SMILES string of the molecule is COc1ccc(C(=O)N2C[C@@H](C(=O)NCCc3ccccc3)C[C@H](c3ccccc3)C2)cc1. The molecule has 0 bridgehead atoms. The Kier molecular flexibility index (Phi) is 7.40. The van der Waals surface area contributed by atoms with E-state index < -0.39 is 0 Å². The average Bonchev–Trinajstić information content (AvgIpc) is 2.89. The molecule has 0 aliphatic carbocycles. The molecule has 4 rings (SSSR count). The Hall–Kier alpha value is -3.60. The fraction of sp³-hybridized carbons (Fsp3) is 0.286. The van der Waals surface area contributed by atoms with Crippen LogP contribution in [0.2, 0.25) is 0 Å². The molecule has 1 saturated heterocycles. The molecule has 0 aromatic heterocycles. The number of ether oxygens (including phenoxy) is 1. The number of carbonyl (C=O) groups excluding carboxylic acids is 2. The van der Waals surface area contributed by atoms with Crippen LogP contribution in [-0.4, -0.2) is 43.5 Å². The van der Waals surface area contributed by atoms with E-state index in [0.29, 0.717) is 30.9 Å². The number of nitrogens with one attached hydrogen (secondary N) is 1. The monoisotopic (exact) mass is 442 g/mol. The van der Waals surface area contributed by atoms with Gasteiger partial charge in [-0.2, -0.15) is 0 Å². The number of methoxy groups -OCH3 is 1. The van der Waals surface area contributed by atoms with Crippen molar-refractivity contribution in [1.29, 1.82) is 0 Å². The van der Waals surface area contributed by atoms with E-state index in [1.54, 1.807) is 31.4 Å². The van der Waals surface area contributed by atoms with Crippen molar-refractivity contribution in [2.75, 3.05) is 26.7 Å². The van der Waals surface area contributed by atoms with Crippen LogP contribution in [0.1, 0.15) is 33.8 Å². The van der Waals surface area contributed by atoms with Crippen molar-refractivity contribution in [3.05, 3.63) is 102 Å². The Morgan fingerprint density at radius 3 is 2.24 bits per heavy atom. The van der Waals surface area contributed by atoms with Crippen molar-refractivity contribution in [3.63, 3.8) is 0 Å². The third-order valence-corrected chi connectivity index (χ3v) is 6.27. The van der Waals surface area contributed by atoms with Crippen molar-refractivity contribution < 1.29 is 14.3 Å². The maximum atomic E-state index is 13.3. The van der Waals surface area contributed by atoms with Crippen LogP contribution in [-0.2, 0) is 11.2 Å². The standard InChI is InChI=1S/C28H30N2O3/c1-33-26-14-12-23(13-15-26)28(32)30-19-24(22-10-6-3-7-11-22)18-25(20-30)27(31)29-17-16-21-8-4-2-5-9-21/h2-15,24-25H,16-20H2,1H3,(H,29,31)/t24-,25-/m0/s1. The minimum atomic E-state index is -0.248. The van der Waals surface area contributed by atoms with Gasteiger partial charge in [0.15, 0.2) is 0 Å². The van der Waals surface area contributed by atoms with Crippen molar-refractivity contribution in [1.82, 2.24) is 10.2 Å². The Balaban J connectivity index is 1.47. The molecule has 0 spiro atoms. The first-order chi connectivity index (χ1) is 16.1. The molecule has 1 aliphatic rings. The van der Waals surface area contributed by atoms with Gasteiger partial charge in [-0.3, -0.25) is 9.59 Å². The van der Waals surface area contributed by atoms with Crippen molar-refractivity contribution in [3.8, 4) is 5.75 Å². The molecule has 3 aromatic rings. The summed E-state index contributed by atoms with van der Waals surface area (Å²) in [5.41, 5.74) is 2.96. The van der Waals surface area contributed by atoms with E-state index in [-0.39, 0.29) is 23.7 Å². The molecule has 0 unspecified atom stereocenters. The highest BCUT2D eigenvalue weighted by Gasteiger charge is 2.34. The summed E-state index contributed by atoms with van der Waals surface area (Å²) in [6, 6.07) is 27.4. The molecule has 1 N–H and O–H groups in total. The smallest absolute Gasteiger partial charge is 0.253 e. The van der Waals surface area contributed by atoms with Gasteiger partial charge in [-0.25, -0.2) is 0 Å². The van der Waals surface area contributed by atoms with Crippen molar-refractivity contribution >= 4 is 11.8 Å². The van der Waals surface area contributed by atoms with Gasteiger partial charge in [-0.1, -0.05) is 60.7 Å². The molecule has 5 nitrogen and oxygen atoms in total. The number of likely N-dealkylation sites (tertiary alicyclic amines) is 1. The summed E-state index contributed by atoms with van der Waals surface area (Å²) in [5, 5.41) is 3.09. The number of carbonyl (C=O) groups is 2. The highest BCUT2D eigenvalue weighted by molar-refractivity contribution is 5.95. The number of hydrogen-bond donors (Lipinski definition) is 1. The number of nitrogens with zero attached hydrogens (tertiary/aromatic N) is 1. The van der Waals surface area contributed by atoms with Crippen LogP contribution in [0.5, 0.6) is 5.75 Å². The van der Waals surface area contributed by atoms with Crippen LogP contribution in [0, 0.1) is 5.92 Å². The largest absolute Gasteiger partial charge is 0.497 e. The Morgan fingerprint density at radius 2 is 1.58 bits per heavy atom. The normalized spacial score (nSPS) is 17.9. The fourth-order valence-electron chi connectivity index (χ4n) is 4.46. The summed E-state index contributed by atoms with van der Waals surface area (Å²) >= 11 is 0. The number of piperidine rings is 1. The van der Waals surface area contributed by atoms with Crippen LogP contribution in [0.3, 0.4) is 0 Å². The summed E-state index contributed by atoms with van der Waals surface area (Å²) in [6.45, 7) is 1.61. The number of benzene rings is 3. The molecule has 0 radical (unpaired) electrons. The third kappa shape index (κ3) is 5.80. The highest BCUT2D eigenvalue weighted by Crippen LogP contribution is 2.31. The summed E-state index contributed by atoms with van der Waals surface area (Å²) in [6.07, 6.45) is 1.52. The van der Waals surface area contributed by atoms with Gasteiger partial charge in [0.2, 0.25) is 5.91 Å². The van der Waals surface area contributed by atoms with E-state index in [9.17, 15) is 9.59 Å². The number of rotatable bonds is 7. The van der Waals surface area contributed by atoms with Crippen LogP contribution in [0.4, 0.5) is 0 Å². The molecular formula is C28H30N2O3. The zero-order valence-corrected chi connectivity index (χ0v) is 18.9. The molecule has 1 aliphatic heterocycles. The van der Waals surface area contributed by atoms with Gasteiger partial charge in [0.1, 0.15) is 5.75 Å².